The maximum Gasteiger partial charge on any atom is 0.272 e. The van der Waals surface area contributed by atoms with Gasteiger partial charge in [0.25, 0.3) is 5.91 Å². The predicted octanol–water partition coefficient (Wildman–Crippen LogP) is 1.30. The smallest absolute Gasteiger partial charge is 0.272 e. The number of hydrogen-bond donors (Lipinski definition) is 2. The third kappa shape index (κ3) is 2.83. The van der Waals surface area contributed by atoms with E-state index in [2.05, 4.69) is 20.6 Å². The van der Waals surface area contributed by atoms with Crippen molar-refractivity contribution in [3.05, 3.63) is 35.9 Å². The van der Waals surface area contributed by atoms with Crippen LogP contribution in [0.15, 0.2) is 24.5 Å². The van der Waals surface area contributed by atoms with E-state index in [1.165, 1.54) is 12.8 Å². The summed E-state index contributed by atoms with van der Waals surface area (Å²) in [6.07, 6.45) is 5.99. The number of carbonyl (C=O) groups is 1. The summed E-state index contributed by atoms with van der Waals surface area (Å²) in [5, 5.41) is 14.0. The maximum atomic E-state index is 12.0. The Morgan fingerprint density at radius 2 is 2.47 bits per heavy atom. The number of nitrogens with zero attached hydrogens (tertiary/aromatic N) is 3. The van der Waals surface area contributed by atoms with Crippen LogP contribution in [0.4, 0.5) is 0 Å². The van der Waals surface area contributed by atoms with Gasteiger partial charge in [-0.15, -0.1) is 0 Å². The Labute approximate surface area is 111 Å². The Bertz CT molecular complexity index is 555. The Morgan fingerprint density at radius 1 is 1.63 bits per heavy atom. The SMILES string of the molecule is CC(Cn1cccn1)NC(=O)c1cc(C2CC2)[nH]n1. The van der Waals surface area contributed by atoms with Gasteiger partial charge in [-0.2, -0.15) is 10.2 Å². The molecule has 0 aliphatic heterocycles. The number of aromatic amines is 1. The third-order valence-electron chi connectivity index (χ3n) is 3.25. The van der Waals surface area contributed by atoms with E-state index in [9.17, 15) is 4.79 Å². The first kappa shape index (κ1) is 12.0. The molecule has 1 aliphatic rings. The van der Waals surface area contributed by atoms with Gasteiger partial charge in [0, 0.05) is 30.0 Å². The van der Waals surface area contributed by atoms with E-state index in [1.54, 1.807) is 10.9 Å². The minimum atomic E-state index is -0.136. The Kier molecular flexibility index (Phi) is 3.06. The van der Waals surface area contributed by atoms with Gasteiger partial charge >= 0.3 is 0 Å². The largest absolute Gasteiger partial charge is 0.346 e. The van der Waals surface area contributed by atoms with Crippen LogP contribution in [-0.2, 0) is 6.54 Å². The highest BCUT2D eigenvalue weighted by atomic mass is 16.2. The predicted molar refractivity (Wildman–Crippen MR) is 69.7 cm³/mol. The molecule has 100 valence electrons. The molecule has 0 spiro atoms. The fourth-order valence-electron chi connectivity index (χ4n) is 2.09. The fourth-order valence-corrected chi connectivity index (χ4v) is 2.09. The number of nitrogens with one attached hydrogen (secondary N) is 2. The molecule has 1 fully saturated rings. The molecule has 0 aromatic carbocycles. The zero-order valence-corrected chi connectivity index (χ0v) is 10.8. The molecule has 2 N–H and O–H groups in total. The summed E-state index contributed by atoms with van der Waals surface area (Å²) in [5.41, 5.74) is 1.54. The van der Waals surface area contributed by atoms with Gasteiger partial charge in [-0.3, -0.25) is 14.6 Å². The third-order valence-corrected chi connectivity index (χ3v) is 3.25. The molecule has 1 aliphatic carbocycles. The highest BCUT2D eigenvalue weighted by Gasteiger charge is 2.26. The van der Waals surface area contributed by atoms with Crippen molar-refractivity contribution < 1.29 is 4.79 Å². The van der Waals surface area contributed by atoms with Gasteiger partial charge in [-0.25, -0.2) is 0 Å². The van der Waals surface area contributed by atoms with Crippen LogP contribution in [0.1, 0.15) is 41.9 Å². The van der Waals surface area contributed by atoms with Crippen molar-refractivity contribution >= 4 is 5.91 Å². The van der Waals surface area contributed by atoms with Crippen molar-refractivity contribution in [2.24, 2.45) is 0 Å². The molecular weight excluding hydrogens is 242 g/mol. The Hall–Kier alpha value is -2.11. The molecular formula is C13H17N5O. The Morgan fingerprint density at radius 3 is 3.16 bits per heavy atom. The molecule has 1 atom stereocenters. The zero-order chi connectivity index (χ0) is 13.2. The minimum Gasteiger partial charge on any atom is -0.346 e. The molecule has 1 amide bonds. The van der Waals surface area contributed by atoms with Crippen LogP contribution < -0.4 is 5.32 Å². The van der Waals surface area contributed by atoms with Gasteiger partial charge in [0.1, 0.15) is 5.69 Å². The highest BCUT2D eigenvalue weighted by molar-refractivity contribution is 5.92. The second-order valence-corrected chi connectivity index (χ2v) is 5.09. The van der Waals surface area contributed by atoms with Crippen LogP contribution in [0.3, 0.4) is 0 Å². The average Bonchev–Trinajstić information content (AvgIpc) is 2.91. The molecule has 0 radical (unpaired) electrons. The van der Waals surface area contributed by atoms with Crippen molar-refractivity contribution in [1.29, 1.82) is 0 Å². The van der Waals surface area contributed by atoms with E-state index in [4.69, 9.17) is 0 Å². The van der Waals surface area contributed by atoms with Crippen LogP contribution in [0.5, 0.6) is 0 Å². The first-order chi connectivity index (χ1) is 9.22. The summed E-state index contributed by atoms with van der Waals surface area (Å²) in [4.78, 5) is 12.0. The summed E-state index contributed by atoms with van der Waals surface area (Å²) in [7, 11) is 0. The van der Waals surface area contributed by atoms with Gasteiger partial charge in [-0.1, -0.05) is 0 Å². The summed E-state index contributed by atoms with van der Waals surface area (Å²) in [6, 6.07) is 3.73. The first-order valence-corrected chi connectivity index (χ1v) is 6.56. The fraction of sp³-hybridized carbons (Fsp3) is 0.462. The maximum absolute atomic E-state index is 12.0. The van der Waals surface area contributed by atoms with Crippen LogP contribution >= 0.6 is 0 Å². The lowest BCUT2D eigenvalue weighted by Crippen LogP contribution is -2.36. The standard InChI is InChI=1S/C13H17N5O/c1-9(8-18-6-2-5-14-18)15-13(19)12-7-11(16-17-12)10-3-4-10/h2,5-7,9-10H,3-4,8H2,1H3,(H,15,19)(H,16,17). The lowest BCUT2D eigenvalue weighted by Gasteiger charge is -2.12. The Balaban J connectivity index is 1.57. The lowest BCUT2D eigenvalue weighted by atomic mass is 10.2. The number of rotatable bonds is 5. The number of aromatic nitrogens is 4. The normalized spacial score (nSPS) is 16.3. The number of amides is 1. The zero-order valence-electron chi connectivity index (χ0n) is 10.8. The molecule has 0 saturated heterocycles. The summed E-state index contributed by atoms with van der Waals surface area (Å²) < 4.78 is 1.80. The van der Waals surface area contributed by atoms with Crippen molar-refractivity contribution in [2.45, 2.75) is 38.3 Å². The lowest BCUT2D eigenvalue weighted by molar-refractivity contribution is 0.0931. The van der Waals surface area contributed by atoms with Crippen molar-refractivity contribution in [3.63, 3.8) is 0 Å². The molecule has 3 rings (SSSR count). The monoisotopic (exact) mass is 259 g/mol. The van der Waals surface area contributed by atoms with Gasteiger partial charge in [0.05, 0.1) is 6.54 Å². The van der Waals surface area contributed by atoms with E-state index >= 15 is 0 Å². The van der Waals surface area contributed by atoms with Gasteiger partial charge in [0.2, 0.25) is 0 Å². The number of carbonyl (C=O) groups excluding carboxylic acids is 1. The van der Waals surface area contributed by atoms with Crippen LogP contribution in [0.25, 0.3) is 0 Å². The summed E-state index contributed by atoms with van der Waals surface area (Å²) in [6.45, 7) is 2.60. The molecule has 6 heteroatoms. The molecule has 6 nitrogen and oxygen atoms in total. The van der Waals surface area contributed by atoms with Crippen molar-refractivity contribution in [1.82, 2.24) is 25.3 Å². The molecule has 19 heavy (non-hydrogen) atoms. The highest BCUT2D eigenvalue weighted by Crippen LogP contribution is 2.38. The van der Waals surface area contributed by atoms with Crippen LogP contribution in [0.2, 0.25) is 0 Å². The van der Waals surface area contributed by atoms with Crippen molar-refractivity contribution in [2.75, 3.05) is 0 Å². The molecule has 0 bridgehead atoms. The van der Waals surface area contributed by atoms with Gasteiger partial charge in [0.15, 0.2) is 0 Å². The second-order valence-electron chi connectivity index (χ2n) is 5.09. The molecule has 2 heterocycles. The molecule has 1 saturated carbocycles. The van der Waals surface area contributed by atoms with E-state index < -0.39 is 0 Å². The molecule has 2 aromatic rings. The van der Waals surface area contributed by atoms with Crippen LogP contribution in [-0.4, -0.2) is 31.9 Å². The number of hydrogen-bond acceptors (Lipinski definition) is 3. The number of H-pyrrole nitrogens is 1. The van der Waals surface area contributed by atoms with E-state index in [0.29, 0.717) is 18.2 Å². The van der Waals surface area contributed by atoms with Crippen LogP contribution in [0, 0.1) is 0 Å². The average molecular weight is 259 g/mol. The minimum absolute atomic E-state index is 0.00785. The summed E-state index contributed by atoms with van der Waals surface area (Å²) in [5.74, 6) is 0.443. The quantitative estimate of drug-likeness (QED) is 0.849. The molecule has 2 aromatic heterocycles. The molecule has 1 unspecified atom stereocenters. The van der Waals surface area contributed by atoms with E-state index in [0.717, 1.165) is 5.69 Å². The van der Waals surface area contributed by atoms with Gasteiger partial charge in [-0.05, 0) is 31.9 Å². The van der Waals surface area contributed by atoms with E-state index in [-0.39, 0.29) is 11.9 Å². The van der Waals surface area contributed by atoms with Gasteiger partial charge < -0.3 is 5.32 Å². The topological polar surface area (TPSA) is 75.6 Å². The first-order valence-electron chi connectivity index (χ1n) is 6.56. The van der Waals surface area contributed by atoms with Crippen molar-refractivity contribution in [3.8, 4) is 0 Å². The summed E-state index contributed by atoms with van der Waals surface area (Å²) >= 11 is 0. The van der Waals surface area contributed by atoms with E-state index in [1.807, 2.05) is 25.3 Å². The second kappa shape index (κ2) is 4.87.